The predicted octanol–water partition coefficient (Wildman–Crippen LogP) is -1.26. The number of nitrogen functional groups attached to an aromatic ring is 1. The van der Waals surface area contributed by atoms with Crippen molar-refractivity contribution in [2.24, 2.45) is 19.9 Å². The highest BCUT2D eigenvalue weighted by atomic mass is 16.2. The molecule has 2 aromatic rings. The summed E-state index contributed by atoms with van der Waals surface area (Å²) in [5.74, 6) is 5.63. The summed E-state index contributed by atoms with van der Waals surface area (Å²) in [4.78, 5) is 28.1. The molecule has 8 heteroatoms. The molecular weight excluding hydrogens is 224 g/mol. The highest BCUT2D eigenvalue weighted by molar-refractivity contribution is 5.73. The highest BCUT2D eigenvalue weighted by Gasteiger charge is 2.16. The van der Waals surface area contributed by atoms with Crippen LogP contribution in [0.3, 0.4) is 0 Å². The minimum Gasteiger partial charge on any atom is -0.306 e. The van der Waals surface area contributed by atoms with Gasteiger partial charge in [0.2, 0.25) is 5.95 Å². The lowest BCUT2D eigenvalue weighted by Crippen LogP contribution is -2.39. The molecule has 0 amide bonds. The van der Waals surface area contributed by atoms with Crippen molar-refractivity contribution in [1.29, 1.82) is 0 Å². The van der Waals surface area contributed by atoms with Gasteiger partial charge in [0.1, 0.15) is 0 Å². The molecule has 0 bridgehead atoms. The Balaban J connectivity index is 3.08. The van der Waals surface area contributed by atoms with Crippen LogP contribution in [-0.2, 0) is 20.6 Å². The van der Waals surface area contributed by atoms with Gasteiger partial charge in [0.05, 0.1) is 0 Å². The van der Waals surface area contributed by atoms with Gasteiger partial charge in [-0.05, 0) is 6.92 Å². The zero-order valence-corrected chi connectivity index (χ0v) is 9.89. The minimum atomic E-state index is -0.383. The van der Waals surface area contributed by atoms with Crippen LogP contribution in [0.25, 0.3) is 11.2 Å². The molecule has 0 aliphatic carbocycles. The second kappa shape index (κ2) is 3.74. The van der Waals surface area contributed by atoms with Gasteiger partial charge in [-0.3, -0.25) is 19.4 Å². The van der Waals surface area contributed by atoms with Crippen LogP contribution in [0.5, 0.6) is 0 Å². The summed E-state index contributed by atoms with van der Waals surface area (Å²) < 4.78 is 4.02. The van der Waals surface area contributed by atoms with Gasteiger partial charge in [0, 0.05) is 20.6 Å². The maximum Gasteiger partial charge on any atom is 0.332 e. The summed E-state index contributed by atoms with van der Waals surface area (Å²) in [6.45, 7) is 2.06. The van der Waals surface area contributed by atoms with E-state index in [0.717, 1.165) is 4.57 Å². The van der Waals surface area contributed by atoms with E-state index in [4.69, 9.17) is 5.84 Å². The van der Waals surface area contributed by atoms with E-state index in [-0.39, 0.29) is 11.2 Å². The van der Waals surface area contributed by atoms with E-state index >= 15 is 0 Å². The summed E-state index contributed by atoms with van der Waals surface area (Å²) in [6, 6.07) is 0. The SMILES string of the molecule is CCn1c(=O)c2c(nc(NN)n2C)n(C)c1=O. The molecule has 8 nitrogen and oxygen atoms in total. The van der Waals surface area contributed by atoms with E-state index in [1.807, 2.05) is 0 Å². The lowest BCUT2D eigenvalue weighted by Gasteiger charge is -2.05. The number of hydrogen-bond acceptors (Lipinski definition) is 5. The topological polar surface area (TPSA) is 99.9 Å². The Morgan fingerprint density at radius 1 is 1.29 bits per heavy atom. The third-order valence-electron chi connectivity index (χ3n) is 2.81. The molecule has 0 spiro atoms. The quantitative estimate of drug-likeness (QED) is 0.502. The van der Waals surface area contributed by atoms with Crippen molar-refractivity contribution in [2.75, 3.05) is 5.43 Å². The molecule has 0 saturated carbocycles. The number of nitrogens with two attached hydrogens (primary N) is 1. The number of aromatic nitrogens is 4. The standard InChI is InChI=1S/C9H14N6O2/c1-4-15-7(16)5-6(14(3)9(15)17)11-8(12-10)13(5)2/h4,10H2,1-3H3,(H,11,12). The van der Waals surface area contributed by atoms with Gasteiger partial charge in [-0.1, -0.05) is 0 Å². The zero-order valence-electron chi connectivity index (χ0n) is 9.89. The van der Waals surface area contributed by atoms with Gasteiger partial charge in [-0.25, -0.2) is 10.6 Å². The second-order valence-corrected chi connectivity index (χ2v) is 3.70. The average Bonchev–Trinajstić information content (AvgIpc) is 2.64. The van der Waals surface area contributed by atoms with Gasteiger partial charge < -0.3 is 4.57 Å². The van der Waals surface area contributed by atoms with E-state index in [1.54, 1.807) is 21.0 Å². The lowest BCUT2D eigenvalue weighted by molar-refractivity contribution is 0.635. The Bertz CT molecular complexity index is 692. The van der Waals surface area contributed by atoms with E-state index < -0.39 is 0 Å². The molecule has 0 saturated heterocycles. The van der Waals surface area contributed by atoms with Crippen LogP contribution in [0.4, 0.5) is 5.95 Å². The number of nitrogens with zero attached hydrogens (tertiary/aromatic N) is 4. The monoisotopic (exact) mass is 238 g/mol. The zero-order chi connectivity index (χ0) is 12.7. The van der Waals surface area contributed by atoms with E-state index in [9.17, 15) is 9.59 Å². The van der Waals surface area contributed by atoms with Crippen molar-refractivity contribution < 1.29 is 0 Å². The molecule has 92 valence electrons. The Kier molecular flexibility index (Phi) is 2.50. The van der Waals surface area contributed by atoms with Crippen molar-refractivity contribution in [3.8, 4) is 0 Å². The molecule has 0 aromatic carbocycles. The molecule has 17 heavy (non-hydrogen) atoms. The number of anilines is 1. The number of hydrogen-bond donors (Lipinski definition) is 2. The summed E-state index contributed by atoms with van der Waals surface area (Å²) >= 11 is 0. The highest BCUT2D eigenvalue weighted by Crippen LogP contribution is 2.11. The molecule has 0 aliphatic rings. The van der Waals surface area contributed by atoms with Crippen molar-refractivity contribution in [3.05, 3.63) is 20.8 Å². The molecule has 0 aliphatic heterocycles. The molecule has 0 fully saturated rings. The average molecular weight is 238 g/mol. The fourth-order valence-electron chi connectivity index (χ4n) is 1.85. The number of imidazole rings is 1. The van der Waals surface area contributed by atoms with E-state index in [0.29, 0.717) is 23.7 Å². The molecule has 0 unspecified atom stereocenters. The van der Waals surface area contributed by atoms with Crippen molar-refractivity contribution >= 4 is 17.1 Å². The van der Waals surface area contributed by atoms with Gasteiger partial charge in [0.15, 0.2) is 11.2 Å². The van der Waals surface area contributed by atoms with Gasteiger partial charge in [-0.2, -0.15) is 4.98 Å². The van der Waals surface area contributed by atoms with Gasteiger partial charge >= 0.3 is 5.69 Å². The number of nitrogens with one attached hydrogen (secondary N) is 1. The molecule has 2 aromatic heterocycles. The summed E-state index contributed by atoms with van der Waals surface area (Å²) in [7, 11) is 3.24. The van der Waals surface area contributed by atoms with Crippen LogP contribution in [0.15, 0.2) is 9.59 Å². The predicted molar refractivity (Wildman–Crippen MR) is 63.7 cm³/mol. The number of aryl methyl sites for hydroxylation is 2. The maximum atomic E-state index is 12.1. The first-order valence-corrected chi connectivity index (χ1v) is 5.15. The molecule has 2 rings (SSSR count). The normalized spacial score (nSPS) is 11.1. The Morgan fingerprint density at radius 3 is 2.47 bits per heavy atom. The molecule has 2 heterocycles. The number of hydrazine groups is 1. The first-order chi connectivity index (χ1) is 8.02. The van der Waals surface area contributed by atoms with Crippen LogP contribution in [0.1, 0.15) is 6.92 Å². The van der Waals surface area contributed by atoms with Crippen LogP contribution in [-0.4, -0.2) is 18.7 Å². The largest absolute Gasteiger partial charge is 0.332 e. The molecule has 3 N–H and O–H groups in total. The van der Waals surface area contributed by atoms with Crippen molar-refractivity contribution in [3.63, 3.8) is 0 Å². The first kappa shape index (κ1) is 11.4. The van der Waals surface area contributed by atoms with Crippen LogP contribution < -0.4 is 22.5 Å². The lowest BCUT2D eigenvalue weighted by atomic mass is 10.5. The second-order valence-electron chi connectivity index (χ2n) is 3.70. The van der Waals surface area contributed by atoms with E-state index in [1.165, 1.54) is 9.13 Å². The fourth-order valence-corrected chi connectivity index (χ4v) is 1.85. The third-order valence-corrected chi connectivity index (χ3v) is 2.81. The summed E-state index contributed by atoms with van der Waals surface area (Å²) in [6.07, 6.45) is 0. The van der Waals surface area contributed by atoms with Crippen LogP contribution in [0.2, 0.25) is 0 Å². The smallest absolute Gasteiger partial charge is 0.306 e. The van der Waals surface area contributed by atoms with Crippen molar-refractivity contribution in [2.45, 2.75) is 13.5 Å². The van der Waals surface area contributed by atoms with Gasteiger partial charge in [-0.15, -0.1) is 0 Å². The van der Waals surface area contributed by atoms with Crippen LogP contribution >= 0.6 is 0 Å². The molecular formula is C9H14N6O2. The summed E-state index contributed by atoms with van der Waals surface area (Å²) in [5, 5.41) is 0. The van der Waals surface area contributed by atoms with Gasteiger partial charge in [0.25, 0.3) is 5.56 Å². The van der Waals surface area contributed by atoms with Crippen LogP contribution in [0, 0.1) is 0 Å². The Hall–Kier alpha value is -2.09. The Labute approximate surface area is 96.3 Å². The van der Waals surface area contributed by atoms with E-state index in [2.05, 4.69) is 10.4 Å². The van der Waals surface area contributed by atoms with Crippen molar-refractivity contribution in [1.82, 2.24) is 18.7 Å². The fraction of sp³-hybridized carbons (Fsp3) is 0.444. The third kappa shape index (κ3) is 1.37. The molecule has 0 atom stereocenters. The minimum absolute atomic E-state index is 0.317. The maximum absolute atomic E-state index is 12.1. The number of fused-ring (bicyclic) bond motifs is 1. The molecule has 0 radical (unpaired) electrons. The number of rotatable bonds is 2. The Morgan fingerprint density at radius 2 is 1.94 bits per heavy atom. The summed E-state index contributed by atoms with van der Waals surface area (Å²) in [5.41, 5.74) is 2.31. The first-order valence-electron chi connectivity index (χ1n) is 5.15.